The van der Waals surface area contributed by atoms with Crippen molar-refractivity contribution in [2.45, 2.75) is 225 Å². The van der Waals surface area contributed by atoms with E-state index in [-0.39, 0.29) is 12.5 Å². The van der Waals surface area contributed by atoms with Crippen molar-refractivity contribution in [3.05, 3.63) is 122 Å². The summed E-state index contributed by atoms with van der Waals surface area (Å²) in [6.45, 7) is 4.20. The van der Waals surface area contributed by atoms with Gasteiger partial charge >= 0.3 is 0 Å². The summed E-state index contributed by atoms with van der Waals surface area (Å²) in [5.74, 6) is -0.0449. The predicted molar refractivity (Wildman–Crippen MR) is 271 cm³/mol. The van der Waals surface area contributed by atoms with Gasteiger partial charge in [-0.2, -0.15) is 0 Å². The van der Waals surface area contributed by atoms with Crippen molar-refractivity contribution in [3.63, 3.8) is 0 Å². The Balaban J connectivity index is 3.58. The van der Waals surface area contributed by atoms with Crippen molar-refractivity contribution < 1.29 is 15.0 Å². The van der Waals surface area contributed by atoms with E-state index in [1.807, 2.05) is 0 Å². The van der Waals surface area contributed by atoms with Crippen molar-refractivity contribution >= 4 is 5.91 Å². The zero-order chi connectivity index (χ0) is 44.2. The number of hydrogen-bond acceptors (Lipinski definition) is 3. The highest BCUT2D eigenvalue weighted by Crippen LogP contribution is 2.14. The summed E-state index contributed by atoms with van der Waals surface area (Å²) in [6.07, 6.45) is 78.8. The van der Waals surface area contributed by atoms with Crippen LogP contribution in [0.2, 0.25) is 0 Å². The molecule has 0 spiro atoms. The molecule has 0 saturated carbocycles. The molecule has 2 atom stereocenters. The number of hydrogen-bond donors (Lipinski definition) is 3. The molecule has 0 aromatic rings. The Morgan fingerprint density at radius 3 is 1.08 bits per heavy atom. The molecule has 4 heteroatoms. The van der Waals surface area contributed by atoms with Crippen molar-refractivity contribution in [2.75, 3.05) is 6.61 Å². The van der Waals surface area contributed by atoms with E-state index in [0.29, 0.717) is 12.8 Å². The Morgan fingerprint density at radius 1 is 0.410 bits per heavy atom. The highest BCUT2D eigenvalue weighted by Gasteiger charge is 2.20. The van der Waals surface area contributed by atoms with Crippen LogP contribution in [0.4, 0.5) is 0 Å². The van der Waals surface area contributed by atoms with E-state index in [1.165, 1.54) is 96.3 Å². The number of aliphatic hydroxyl groups is 2. The second kappa shape index (κ2) is 51.1. The minimum absolute atomic E-state index is 0.0449. The van der Waals surface area contributed by atoms with Crippen LogP contribution in [-0.2, 0) is 4.79 Å². The Hall–Kier alpha value is -3.21. The lowest BCUT2D eigenvalue weighted by Gasteiger charge is -2.22. The van der Waals surface area contributed by atoms with Gasteiger partial charge in [0.05, 0.1) is 18.8 Å². The van der Waals surface area contributed by atoms with Gasteiger partial charge in [0.25, 0.3) is 0 Å². The fourth-order valence-electron chi connectivity index (χ4n) is 6.92. The van der Waals surface area contributed by atoms with Gasteiger partial charge in [0.1, 0.15) is 0 Å². The maximum Gasteiger partial charge on any atom is 0.220 e. The van der Waals surface area contributed by atoms with Gasteiger partial charge in [-0.3, -0.25) is 4.79 Å². The van der Waals surface area contributed by atoms with Gasteiger partial charge in [0.15, 0.2) is 0 Å². The van der Waals surface area contributed by atoms with Crippen molar-refractivity contribution in [1.82, 2.24) is 5.32 Å². The Kier molecular flexibility index (Phi) is 48.5. The van der Waals surface area contributed by atoms with Gasteiger partial charge in [0, 0.05) is 6.42 Å². The normalized spacial score (nSPS) is 14.0. The minimum atomic E-state index is -0.665. The largest absolute Gasteiger partial charge is 0.394 e. The van der Waals surface area contributed by atoms with E-state index in [0.717, 1.165) is 89.9 Å². The van der Waals surface area contributed by atoms with E-state index < -0.39 is 12.1 Å². The second-order valence-corrected chi connectivity index (χ2v) is 16.5. The molecule has 0 aliphatic carbocycles. The lowest BCUT2D eigenvalue weighted by atomic mass is 10.0. The van der Waals surface area contributed by atoms with Crippen molar-refractivity contribution in [3.8, 4) is 0 Å². The van der Waals surface area contributed by atoms with Crippen LogP contribution in [0.3, 0.4) is 0 Å². The van der Waals surface area contributed by atoms with E-state index >= 15 is 0 Å². The monoisotopic (exact) mass is 842 g/mol. The number of aliphatic hydroxyl groups excluding tert-OH is 2. The van der Waals surface area contributed by atoms with E-state index in [9.17, 15) is 15.0 Å². The molecule has 1 amide bonds. The third-order valence-electron chi connectivity index (χ3n) is 10.7. The molecule has 0 fully saturated rings. The standard InChI is InChI=1S/C57H95NO3/c1-3-5-7-9-11-13-14-15-16-17-18-19-20-21-22-23-24-25-26-27-28-29-30-31-32-33-34-35-36-37-38-39-40-41-42-43-44-45-47-49-51-53-57(61)58-55(54-59)56(60)52-50-48-46-12-10-8-6-4-2/h5,7,11,13,15-16,18-19,21-22,24-25,27-28,30-31,33-34,36-37,55-56,59-60H,3-4,6,8-10,12,14,17,20,23,26,29,32,35,38-54H2,1-2H3,(H,58,61)/b7-5-,13-11-,16-15-,19-18-,22-21-,25-24-,28-27-,31-30-,34-33-,37-36-. The molecule has 0 saturated heterocycles. The maximum atomic E-state index is 12.4. The lowest BCUT2D eigenvalue weighted by Crippen LogP contribution is -2.45. The fraction of sp³-hybridized carbons (Fsp3) is 0.632. The first-order valence-electron chi connectivity index (χ1n) is 25.2. The molecule has 61 heavy (non-hydrogen) atoms. The van der Waals surface area contributed by atoms with Gasteiger partial charge < -0.3 is 15.5 Å². The molecule has 3 N–H and O–H groups in total. The van der Waals surface area contributed by atoms with Crippen molar-refractivity contribution in [1.29, 1.82) is 0 Å². The Morgan fingerprint density at radius 2 is 0.721 bits per heavy atom. The Bertz CT molecular complexity index is 1230. The van der Waals surface area contributed by atoms with Crippen LogP contribution in [0.5, 0.6) is 0 Å². The summed E-state index contributed by atoms with van der Waals surface area (Å²) >= 11 is 0. The molecule has 0 aliphatic heterocycles. The van der Waals surface area contributed by atoms with E-state index in [1.54, 1.807) is 0 Å². The zero-order valence-electron chi connectivity index (χ0n) is 39.6. The molecule has 346 valence electrons. The molecule has 0 heterocycles. The van der Waals surface area contributed by atoms with E-state index in [4.69, 9.17) is 0 Å². The minimum Gasteiger partial charge on any atom is -0.394 e. The predicted octanol–water partition coefficient (Wildman–Crippen LogP) is 16.5. The topological polar surface area (TPSA) is 69.6 Å². The zero-order valence-corrected chi connectivity index (χ0v) is 39.6. The maximum absolute atomic E-state index is 12.4. The molecule has 0 bridgehead atoms. The first-order chi connectivity index (χ1) is 30.2. The van der Waals surface area contributed by atoms with Crippen LogP contribution in [-0.4, -0.2) is 34.9 Å². The highest BCUT2D eigenvalue weighted by atomic mass is 16.3. The SMILES string of the molecule is CC/C=C\C/C=C\C/C=C\C/C=C\C/C=C\C/C=C\C/C=C\C/C=C\C/C=C\C/C=C\CCCCCCCCCCCCC(=O)NC(CO)C(O)CCCCCCCCCC. The van der Waals surface area contributed by atoms with Gasteiger partial charge in [-0.1, -0.05) is 238 Å². The van der Waals surface area contributed by atoms with Crippen LogP contribution in [0.1, 0.15) is 213 Å². The summed E-state index contributed by atoms with van der Waals surface area (Å²) in [5.41, 5.74) is 0. The molecule has 4 nitrogen and oxygen atoms in total. The smallest absolute Gasteiger partial charge is 0.220 e. The number of allylic oxidation sites excluding steroid dienone is 20. The highest BCUT2D eigenvalue weighted by molar-refractivity contribution is 5.76. The second-order valence-electron chi connectivity index (χ2n) is 16.5. The number of carbonyl (C=O) groups excluding carboxylic acids is 1. The number of carbonyl (C=O) groups is 1. The Labute approximate surface area is 378 Å². The van der Waals surface area contributed by atoms with Gasteiger partial charge in [-0.25, -0.2) is 0 Å². The van der Waals surface area contributed by atoms with Crippen molar-refractivity contribution in [2.24, 2.45) is 0 Å². The first-order valence-corrected chi connectivity index (χ1v) is 25.2. The first kappa shape index (κ1) is 57.8. The van der Waals surface area contributed by atoms with Crippen LogP contribution < -0.4 is 5.32 Å². The average Bonchev–Trinajstić information content (AvgIpc) is 3.26. The fourth-order valence-corrected chi connectivity index (χ4v) is 6.92. The number of nitrogens with one attached hydrogen (secondary N) is 1. The quantitative estimate of drug-likeness (QED) is 0.0423. The molecule has 0 radical (unpaired) electrons. The van der Waals surface area contributed by atoms with Gasteiger partial charge in [0.2, 0.25) is 5.91 Å². The average molecular weight is 842 g/mol. The van der Waals surface area contributed by atoms with Crippen LogP contribution in [0, 0.1) is 0 Å². The summed E-state index contributed by atoms with van der Waals surface area (Å²) in [4.78, 5) is 12.4. The number of rotatable bonds is 44. The molecular formula is C57H95NO3. The number of amides is 1. The molecule has 0 aromatic heterocycles. The molecule has 2 unspecified atom stereocenters. The molecule has 0 aliphatic rings. The van der Waals surface area contributed by atoms with Crippen LogP contribution in [0.25, 0.3) is 0 Å². The van der Waals surface area contributed by atoms with Crippen LogP contribution >= 0.6 is 0 Å². The van der Waals surface area contributed by atoms with E-state index in [2.05, 4.69) is 141 Å². The number of unbranched alkanes of at least 4 members (excludes halogenated alkanes) is 17. The third-order valence-corrected chi connectivity index (χ3v) is 10.7. The summed E-state index contributed by atoms with van der Waals surface area (Å²) in [7, 11) is 0. The molecule has 0 rings (SSSR count). The third kappa shape index (κ3) is 47.7. The van der Waals surface area contributed by atoms with Gasteiger partial charge in [-0.15, -0.1) is 0 Å². The summed E-state index contributed by atoms with van der Waals surface area (Å²) < 4.78 is 0. The summed E-state index contributed by atoms with van der Waals surface area (Å²) in [6, 6.07) is -0.543. The molecular weight excluding hydrogens is 747 g/mol. The van der Waals surface area contributed by atoms with Crippen LogP contribution in [0.15, 0.2) is 122 Å². The van der Waals surface area contributed by atoms with Gasteiger partial charge in [-0.05, 0) is 89.9 Å². The molecule has 0 aromatic carbocycles. The summed E-state index contributed by atoms with van der Waals surface area (Å²) in [5, 5.41) is 23.0. The lowest BCUT2D eigenvalue weighted by molar-refractivity contribution is -0.123.